The summed E-state index contributed by atoms with van der Waals surface area (Å²) in [4.78, 5) is 22.8. The van der Waals surface area contributed by atoms with E-state index >= 15 is 0 Å². The van der Waals surface area contributed by atoms with Gasteiger partial charge in [0.15, 0.2) is 0 Å². The predicted molar refractivity (Wildman–Crippen MR) is 123 cm³/mol. The Morgan fingerprint density at radius 1 is 1.17 bits per heavy atom. The van der Waals surface area contributed by atoms with E-state index < -0.39 is 6.10 Å². The fourth-order valence-corrected chi connectivity index (χ4v) is 3.59. The maximum Gasteiger partial charge on any atom is 0.261 e. The van der Waals surface area contributed by atoms with Gasteiger partial charge in [-0.3, -0.25) is 4.79 Å². The number of halogens is 2. The van der Waals surface area contributed by atoms with Crippen molar-refractivity contribution in [3.8, 4) is 22.6 Å². The van der Waals surface area contributed by atoms with Gasteiger partial charge in [0, 0.05) is 22.2 Å². The Morgan fingerprint density at radius 3 is 2.73 bits per heavy atom. The second kappa shape index (κ2) is 8.87. The van der Waals surface area contributed by atoms with Crippen molar-refractivity contribution in [2.75, 3.05) is 11.9 Å². The number of nitrogens with zero attached hydrogens (tertiary/aromatic N) is 1. The maximum absolute atomic E-state index is 12.5. The number of aromatic amines is 2. The molecule has 4 N–H and O–H groups in total. The summed E-state index contributed by atoms with van der Waals surface area (Å²) < 4.78 is 0.982. The first-order chi connectivity index (χ1) is 14.5. The van der Waals surface area contributed by atoms with Crippen LogP contribution in [0.15, 0.2) is 76.3 Å². The number of benzene rings is 2. The van der Waals surface area contributed by atoms with Gasteiger partial charge in [0.25, 0.3) is 5.56 Å². The van der Waals surface area contributed by atoms with E-state index in [0.29, 0.717) is 27.7 Å². The normalized spacial score (nSPS) is 12.0. The molecule has 0 unspecified atom stereocenters. The molecule has 0 saturated carbocycles. The number of aliphatic hydroxyl groups is 1. The monoisotopic (exact) mass is 484 g/mol. The molecule has 2 heterocycles. The number of pyridine rings is 1. The van der Waals surface area contributed by atoms with E-state index in [1.807, 2.05) is 24.3 Å². The molecular formula is C22H18BrClN4O2. The minimum absolute atomic E-state index is 0.205. The molecule has 6 nitrogen and oxygen atoms in total. The summed E-state index contributed by atoms with van der Waals surface area (Å²) in [5.41, 5.74) is 3.10. The molecule has 0 aliphatic heterocycles. The van der Waals surface area contributed by atoms with E-state index in [0.717, 1.165) is 15.7 Å². The van der Waals surface area contributed by atoms with Crippen LogP contribution in [-0.4, -0.2) is 26.6 Å². The first-order valence-electron chi connectivity index (χ1n) is 9.21. The van der Waals surface area contributed by atoms with Crippen molar-refractivity contribution >= 4 is 33.2 Å². The topological polar surface area (TPSA) is 93.8 Å². The summed E-state index contributed by atoms with van der Waals surface area (Å²) in [7, 11) is 0. The summed E-state index contributed by atoms with van der Waals surface area (Å²) in [6.07, 6.45) is 2.46. The molecule has 0 saturated heterocycles. The van der Waals surface area contributed by atoms with E-state index in [1.165, 1.54) is 0 Å². The lowest BCUT2D eigenvalue weighted by Crippen LogP contribution is -2.17. The van der Waals surface area contributed by atoms with Crippen molar-refractivity contribution in [3.05, 3.63) is 92.4 Å². The van der Waals surface area contributed by atoms with Crippen LogP contribution in [0.5, 0.6) is 0 Å². The number of H-pyrrole nitrogens is 2. The number of nitrogens with one attached hydrogen (secondary N) is 3. The predicted octanol–water partition coefficient (Wildman–Crippen LogP) is 4.99. The highest BCUT2D eigenvalue weighted by atomic mass is 79.9. The SMILES string of the molecule is O=c1[nH]ccc(NC[C@@H](O)c2cccc(Cl)c2)c1-c1ncc(-c2ccc(Br)cc2)[nH]1. The van der Waals surface area contributed by atoms with Gasteiger partial charge in [0.1, 0.15) is 11.4 Å². The molecule has 0 aliphatic carbocycles. The van der Waals surface area contributed by atoms with E-state index in [4.69, 9.17) is 11.6 Å². The van der Waals surface area contributed by atoms with Crippen LogP contribution in [0, 0.1) is 0 Å². The van der Waals surface area contributed by atoms with Gasteiger partial charge in [0.2, 0.25) is 0 Å². The summed E-state index contributed by atoms with van der Waals surface area (Å²) in [6, 6.07) is 16.6. The summed E-state index contributed by atoms with van der Waals surface area (Å²) >= 11 is 9.42. The molecule has 152 valence electrons. The third-order valence-electron chi connectivity index (χ3n) is 4.65. The lowest BCUT2D eigenvalue weighted by Gasteiger charge is -2.15. The van der Waals surface area contributed by atoms with Crippen LogP contribution in [0.1, 0.15) is 11.7 Å². The van der Waals surface area contributed by atoms with Crippen LogP contribution in [0.25, 0.3) is 22.6 Å². The number of aromatic nitrogens is 3. The Morgan fingerprint density at radius 2 is 1.97 bits per heavy atom. The first kappa shape index (κ1) is 20.4. The van der Waals surface area contributed by atoms with Crippen LogP contribution in [-0.2, 0) is 0 Å². The maximum atomic E-state index is 12.5. The van der Waals surface area contributed by atoms with Crippen molar-refractivity contribution < 1.29 is 5.11 Å². The smallest absolute Gasteiger partial charge is 0.261 e. The zero-order chi connectivity index (χ0) is 21.1. The number of anilines is 1. The lowest BCUT2D eigenvalue weighted by molar-refractivity contribution is 0.191. The lowest BCUT2D eigenvalue weighted by atomic mass is 10.1. The Labute approximate surface area is 186 Å². The molecule has 2 aromatic heterocycles. The van der Waals surface area contributed by atoms with Crippen LogP contribution in [0.4, 0.5) is 5.69 Å². The molecule has 8 heteroatoms. The second-order valence-electron chi connectivity index (χ2n) is 6.70. The Bertz CT molecular complexity index is 1220. The van der Waals surface area contributed by atoms with Gasteiger partial charge < -0.3 is 20.4 Å². The van der Waals surface area contributed by atoms with Crippen LogP contribution >= 0.6 is 27.5 Å². The van der Waals surface area contributed by atoms with Gasteiger partial charge in [-0.1, -0.05) is 51.8 Å². The minimum Gasteiger partial charge on any atom is -0.387 e. The zero-order valence-electron chi connectivity index (χ0n) is 15.7. The zero-order valence-corrected chi connectivity index (χ0v) is 18.0. The average Bonchev–Trinajstić information content (AvgIpc) is 3.22. The summed E-state index contributed by atoms with van der Waals surface area (Å²) in [5.74, 6) is 0.439. The number of hydrogen-bond acceptors (Lipinski definition) is 4. The van der Waals surface area contributed by atoms with Crippen molar-refractivity contribution in [1.29, 1.82) is 0 Å². The molecule has 4 rings (SSSR count). The molecule has 1 atom stereocenters. The highest BCUT2D eigenvalue weighted by molar-refractivity contribution is 9.10. The molecule has 2 aromatic carbocycles. The van der Waals surface area contributed by atoms with E-state index in [1.54, 1.807) is 42.7 Å². The van der Waals surface area contributed by atoms with E-state index in [9.17, 15) is 9.90 Å². The van der Waals surface area contributed by atoms with Crippen LogP contribution < -0.4 is 10.9 Å². The van der Waals surface area contributed by atoms with Gasteiger partial charge in [0.05, 0.1) is 23.7 Å². The van der Waals surface area contributed by atoms with Gasteiger partial charge >= 0.3 is 0 Å². The minimum atomic E-state index is -0.786. The molecule has 0 fully saturated rings. The molecule has 0 amide bonds. The fraction of sp³-hybridized carbons (Fsp3) is 0.0909. The molecule has 30 heavy (non-hydrogen) atoms. The molecule has 0 aliphatic rings. The van der Waals surface area contributed by atoms with Gasteiger partial charge in [-0.2, -0.15) is 0 Å². The number of hydrogen-bond donors (Lipinski definition) is 4. The second-order valence-corrected chi connectivity index (χ2v) is 8.05. The third-order valence-corrected chi connectivity index (χ3v) is 5.41. The van der Waals surface area contributed by atoms with Crippen molar-refractivity contribution in [2.24, 2.45) is 0 Å². The Kier molecular flexibility index (Phi) is 6.03. The fourth-order valence-electron chi connectivity index (χ4n) is 3.12. The highest BCUT2D eigenvalue weighted by Crippen LogP contribution is 2.26. The van der Waals surface area contributed by atoms with Crippen molar-refractivity contribution in [3.63, 3.8) is 0 Å². The first-order valence-corrected chi connectivity index (χ1v) is 10.4. The highest BCUT2D eigenvalue weighted by Gasteiger charge is 2.16. The molecule has 0 radical (unpaired) electrons. The third kappa shape index (κ3) is 4.48. The number of imidazole rings is 1. The van der Waals surface area contributed by atoms with Gasteiger partial charge in [-0.15, -0.1) is 0 Å². The standard InChI is InChI=1S/C22H18BrClN4O2/c23-15-6-4-13(5-7-15)18-11-27-21(28-18)20-17(8-9-25-22(20)30)26-12-19(29)14-2-1-3-16(24)10-14/h1-11,19,29H,12H2,(H,27,28)(H2,25,26,30)/t19-/m1/s1. The van der Waals surface area contributed by atoms with Gasteiger partial charge in [-0.05, 0) is 41.5 Å². The molecule has 4 aromatic rings. The van der Waals surface area contributed by atoms with Crippen LogP contribution in [0.2, 0.25) is 5.02 Å². The quantitative estimate of drug-likeness (QED) is 0.309. The van der Waals surface area contributed by atoms with Crippen LogP contribution in [0.3, 0.4) is 0 Å². The Balaban J connectivity index is 1.59. The Hall–Kier alpha value is -2.87. The molecule has 0 spiro atoms. The van der Waals surface area contributed by atoms with Gasteiger partial charge in [-0.25, -0.2) is 4.98 Å². The van der Waals surface area contributed by atoms with E-state index in [2.05, 4.69) is 36.2 Å². The number of rotatable bonds is 6. The largest absolute Gasteiger partial charge is 0.387 e. The average molecular weight is 486 g/mol. The molecule has 0 bridgehead atoms. The number of aliphatic hydroxyl groups excluding tert-OH is 1. The summed E-state index contributed by atoms with van der Waals surface area (Å²) in [5, 5.41) is 14.2. The van der Waals surface area contributed by atoms with Crippen molar-refractivity contribution in [1.82, 2.24) is 15.0 Å². The van der Waals surface area contributed by atoms with E-state index in [-0.39, 0.29) is 12.1 Å². The van der Waals surface area contributed by atoms with Crippen molar-refractivity contribution in [2.45, 2.75) is 6.10 Å². The summed E-state index contributed by atoms with van der Waals surface area (Å²) in [6.45, 7) is 0.205. The molecular weight excluding hydrogens is 468 g/mol.